The fourth-order valence-corrected chi connectivity index (χ4v) is 3.87. The molecule has 168 valence electrons. The van der Waals surface area contributed by atoms with Crippen molar-refractivity contribution in [2.75, 3.05) is 19.5 Å². The Morgan fingerprint density at radius 1 is 1.06 bits per heavy atom. The number of benzene rings is 3. The highest BCUT2D eigenvalue weighted by Crippen LogP contribution is 2.41. The van der Waals surface area contributed by atoms with E-state index < -0.39 is 0 Å². The molecule has 5 nitrogen and oxygen atoms in total. The number of aryl methyl sites for hydroxylation is 1. The van der Waals surface area contributed by atoms with Gasteiger partial charge in [-0.25, -0.2) is 4.39 Å². The summed E-state index contributed by atoms with van der Waals surface area (Å²) in [6, 6.07) is 15.3. The molecule has 0 unspecified atom stereocenters. The van der Waals surface area contributed by atoms with Crippen LogP contribution in [0.5, 0.6) is 11.5 Å². The fourth-order valence-electron chi connectivity index (χ4n) is 3.87. The zero-order chi connectivity index (χ0) is 23.5. The molecule has 1 aromatic heterocycles. The monoisotopic (exact) mass is 445 g/mol. The lowest BCUT2D eigenvalue weighted by Crippen LogP contribution is -2.08. The predicted octanol–water partition coefficient (Wildman–Crippen LogP) is 6.61. The van der Waals surface area contributed by atoms with E-state index in [9.17, 15) is 9.18 Å². The summed E-state index contributed by atoms with van der Waals surface area (Å²) < 4.78 is 30.1. The highest BCUT2D eigenvalue weighted by Gasteiger charge is 2.19. The molecule has 0 fully saturated rings. The molecule has 1 N–H and O–H groups in total. The van der Waals surface area contributed by atoms with Gasteiger partial charge in [0, 0.05) is 33.8 Å². The van der Waals surface area contributed by atoms with Crippen LogP contribution in [0.3, 0.4) is 0 Å². The first-order chi connectivity index (χ1) is 15.9. The summed E-state index contributed by atoms with van der Waals surface area (Å²) in [4.78, 5) is 12.6. The molecule has 1 heterocycles. The van der Waals surface area contributed by atoms with Gasteiger partial charge in [-0.05, 0) is 67.4 Å². The predicted molar refractivity (Wildman–Crippen MR) is 128 cm³/mol. The van der Waals surface area contributed by atoms with Crippen molar-refractivity contribution < 1.29 is 23.1 Å². The van der Waals surface area contributed by atoms with Crippen molar-refractivity contribution in [1.29, 1.82) is 0 Å². The van der Waals surface area contributed by atoms with Crippen LogP contribution >= 0.6 is 0 Å². The van der Waals surface area contributed by atoms with E-state index in [-0.39, 0.29) is 11.7 Å². The summed E-state index contributed by atoms with van der Waals surface area (Å²) >= 11 is 0. The number of rotatable bonds is 6. The molecule has 0 aliphatic rings. The van der Waals surface area contributed by atoms with Crippen molar-refractivity contribution in [3.63, 3.8) is 0 Å². The molecular formula is C27H24FNO4. The first kappa shape index (κ1) is 22.1. The molecule has 33 heavy (non-hydrogen) atoms. The van der Waals surface area contributed by atoms with Gasteiger partial charge < -0.3 is 19.2 Å². The van der Waals surface area contributed by atoms with Crippen LogP contribution in [0.4, 0.5) is 10.1 Å². The van der Waals surface area contributed by atoms with E-state index in [0.29, 0.717) is 17.0 Å². The highest BCUT2D eigenvalue weighted by atomic mass is 19.1. The lowest BCUT2D eigenvalue weighted by atomic mass is 9.96. The molecule has 4 rings (SSSR count). The average Bonchev–Trinajstić information content (AvgIpc) is 3.25. The van der Waals surface area contributed by atoms with E-state index in [0.717, 1.165) is 39.0 Å². The molecule has 0 saturated heterocycles. The van der Waals surface area contributed by atoms with Crippen molar-refractivity contribution in [2.24, 2.45) is 0 Å². The van der Waals surface area contributed by atoms with Crippen LogP contribution in [0, 0.1) is 12.7 Å². The minimum Gasteiger partial charge on any atom is -0.497 e. The number of hydrogen-bond acceptors (Lipinski definition) is 4. The number of furan rings is 1. The average molecular weight is 445 g/mol. The van der Waals surface area contributed by atoms with Gasteiger partial charge in [0.05, 0.1) is 20.5 Å². The van der Waals surface area contributed by atoms with E-state index >= 15 is 0 Å². The summed E-state index contributed by atoms with van der Waals surface area (Å²) in [6.07, 6.45) is 3.22. The zero-order valence-electron chi connectivity index (χ0n) is 18.9. The molecule has 0 radical (unpaired) electrons. The van der Waals surface area contributed by atoms with E-state index in [2.05, 4.69) is 5.32 Å². The van der Waals surface area contributed by atoms with Crippen molar-refractivity contribution in [3.05, 3.63) is 83.9 Å². The van der Waals surface area contributed by atoms with Crippen LogP contribution in [0.1, 0.15) is 18.1 Å². The molecule has 3 aromatic carbocycles. The maximum absolute atomic E-state index is 13.1. The molecule has 0 saturated carbocycles. The molecule has 0 aliphatic carbocycles. The van der Waals surface area contributed by atoms with Gasteiger partial charge in [-0.3, -0.25) is 4.79 Å². The van der Waals surface area contributed by atoms with E-state index in [1.807, 2.05) is 44.2 Å². The maximum Gasteiger partial charge on any atom is 0.248 e. The number of methoxy groups -OCH3 is 2. The maximum atomic E-state index is 13.1. The zero-order valence-corrected chi connectivity index (χ0v) is 18.9. The van der Waals surface area contributed by atoms with Gasteiger partial charge in [0.25, 0.3) is 0 Å². The van der Waals surface area contributed by atoms with Crippen LogP contribution in [0.25, 0.3) is 27.7 Å². The number of nitrogens with one attached hydrogen (secondary N) is 1. The Labute approximate surface area is 191 Å². The number of fused-ring (bicyclic) bond motifs is 1. The summed E-state index contributed by atoms with van der Waals surface area (Å²) in [5.74, 6) is 0.706. The number of halogens is 1. The Hall–Kier alpha value is -4.06. The topological polar surface area (TPSA) is 60.7 Å². The second-order valence-electron chi connectivity index (χ2n) is 7.66. The van der Waals surface area contributed by atoms with Crippen molar-refractivity contribution in [2.45, 2.75) is 13.8 Å². The Balaban J connectivity index is 1.76. The standard InChI is InChI=1S/C27H24FNO4/c1-16(12-25(30)29-20-10-8-19(28)9-11-20)22-14-23-24(18-6-5-7-21(13-18)31-3)15-33-27(23)17(2)26(22)32-4/h5-15H,1-4H3,(H,29,30)/b16-12+. The Bertz CT molecular complexity index is 1350. The normalized spacial score (nSPS) is 11.5. The van der Waals surface area contributed by atoms with Gasteiger partial charge in [-0.1, -0.05) is 12.1 Å². The molecule has 0 atom stereocenters. The van der Waals surface area contributed by atoms with Gasteiger partial charge in [0.2, 0.25) is 5.91 Å². The third-order valence-corrected chi connectivity index (χ3v) is 5.51. The largest absolute Gasteiger partial charge is 0.497 e. The minimum atomic E-state index is -0.361. The number of amides is 1. The fraction of sp³-hybridized carbons (Fsp3) is 0.148. The third kappa shape index (κ3) is 4.46. The number of hydrogen-bond donors (Lipinski definition) is 1. The molecule has 0 bridgehead atoms. The number of ether oxygens (including phenoxy) is 2. The summed E-state index contributed by atoms with van der Waals surface area (Å²) in [5.41, 5.74) is 5.44. The van der Waals surface area contributed by atoms with Crippen molar-refractivity contribution >= 4 is 28.1 Å². The van der Waals surface area contributed by atoms with E-state index in [4.69, 9.17) is 13.9 Å². The summed E-state index contributed by atoms with van der Waals surface area (Å²) in [6.45, 7) is 3.77. The molecule has 1 amide bonds. The number of carbonyl (C=O) groups is 1. The quantitative estimate of drug-likeness (QED) is 0.339. The summed E-state index contributed by atoms with van der Waals surface area (Å²) in [5, 5.41) is 3.65. The van der Waals surface area contributed by atoms with Gasteiger partial charge in [0.15, 0.2) is 0 Å². The highest BCUT2D eigenvalue weighted by molar-refractivity contribution is 6.06. The number of anilines is 1. The summed E-state index contributed by atoms with van der Waals surface area (Å²) in [7, 11) is 3.22. The van der Waals surface area contributed by atoms with Gasteiger partial charge in [0.1, 0.15) is 22.9 Å². The van der Waals surface area contributed by atoms with Crippen LogP contribution in [0.15, 0.2) is 71.4 Å². The van der Waals surface area contributed by atoms with Crippen molar-refractivity contribution in [1.82, 2.24) is 0 Å². The Morgan fingerprint density at radius 2 is 1.82 bits per heavy atom. The second kappa shape index (κ2) is 9.20. The van der Waals surface area contributed by atoms with Gasteiger partial charge >= 0.3 is 0 Å². The first-order valence-corrected chi connectivity index (χ1v) is 10.4. The van der Waals surface area contributed by atoms with Crippen LogP contribution in [0.2, 0.25) is 0 Å². The van der Waals surface area contributed by atoms with Crippen LogP contribution < -0.4 is 14.8 Å². The lowest BCUT2D eigenvalue weighted by molar-refractivity contribution is -0.111. The van der Waals surface area contributed by atoms with E-state index in [1.165, 1.54) is 30.3 Å². The van der Waals surface area contributed by atoms with Crippen LogP contribution in [-0.4, -0.2) is 20.1 Å². The van der Waals surface area contributed by atoms with E-state index in [1.54, 1.807) is 20.5 Å². The first-order valence-electron chi connectivity index (χ1n) is 10.4. The third-order valence-electron chi connectivity index (χ3n) is 5.51. The molecule has 4 aromatic rings. The Kier molecular flexibility index (Phi) is 6.18. The lowest BCUT2D eigenvalue weighted by Gasteiger charge is -2.13. The SMILES string of the molecule is COc1cccc(-c2coc3c(C)c(OC)c(/C(C)=C/C(=O)Nc4ccc(F)cc4)cc23)c1. The molecular weight excluding hydrogens is 421 g/mol. The smallest absolute Gasteiger partial charge is 0.248 e. The van der Waals surface area contributed by atoms with Gasteiger partial charge in [-0.2, -0.15) is 0 Å². The number of carbonyl (C=O) groups excluding carboxylic acids is 1. The second-order valence-corrected chi connectivity index (χ2v) is 7.66. The Morgan fingerprint density at radius 3 is 2.52 bits per heavy atom. The van der Waals surface area contributed by atoms with Gasteiger partial charge in [-0.15, -0.1) is 0 Å². The number of allylic oxidation sites excluding steroid dienone is 1. The molecule has 0 spiro atoms. The molecule has 6 heteroatoms. The molecule has 0 aliphatic heterocycles. The van der Waals surface area contributed by atoms with Crippen molar-refractivity contribution in [3.8, 4) is 22.6 Å². The van der Waals surface area contributed by atoms with Crippen LogP contribution in [-0.2, 0) is 4.79 Å². The minimum absolute atomic E-state index is 0.320.